The fraction of sp³-hybridized carbons (Fsp3) is 0. The number of aromatic hydroxyl groups is 1. The maximum atomic E-state index is 12.6. The first kappa shape index (κ1) is 19.8. The minimum Gasteiger partial charge on any atom is -0.502 e. The molecule has 0 bridgehead atoms. The number of phenols is 1. The number of nitro benzene ring substituents is 1. The maximum Gasteiger partial charge on any atom is 0.311 e. The second-order valence-corrected chi connectivity index (χ2v) is 7.53. The van der Waals surface area contributed by atoms with E-state index in [9.17, 15) is 24.8 Å². The van der Waals surface area contributed by atoms with Crippen molar-refractivity contribution in [3.05, 3.63) is 73.6 Å². The molecule has 0 saturated carbocycles. The van der Waals surface area contributed by atoms with E-state index in [1.54, 1.807) is 18.2 Å². The van der Waals surface area contributed by atoms with Gasteiger partial charge in [0, 0.05) is 6.07 Å². The highest BCUT2D eigenvalue weighted by Crippen LogP contribution is 2.33. The summed E-state index contributed by atoms with van der Waals surface area (Å²) in [6, 6.07) is 10.0. The van der Waals surface area contributed by atoms with Crippen LogP contribution in [0.25, 0.3) is 6.08 Å². The van der Waals surface area contributed by atoms with Gasteiger partial charge >= 0.3 is 5.69 Å². The molecule has 1 aliphatic heterocycles. The summed E-state index contributed by atoms with van der Waals surface area (Å²) in [6.45, 7) is 0. The number of halogens is 1. The maximum absolute atomic E-state index is 12.6. The van der Waals surface area contributed by atoms with Gasteiger partial charge in [-0.2, -0.15) is 5.01 Å². The van der Waals surface area contributed by atoms with Crippen molar-refractivity contribution in [2.45, 2.75) is 0 Å². The number of nitrogens with zero attached hydrogens (tertiary/aromatic N) is 2. The Morgan fingerprint density at radius 1 is 1.32 bits per heavy atom. The zero-order valence-electron chi connectivity index (χ0n) is 13.8. The van der Waals surface area contributed by atoms with Gasteiger partial charge in [-0.25, -0.2) is 0 Å². The number of benzene rings is 2. The van der Waals surface area contributed by atoms with Gasteiger partial charge in [0.05, 0.1) is 20.4 Å². The van der Waals surface area contributed by atoms with E-state index in [1.807, 2.05) is 0 Å². The molecule has 0 spiro atoms. The Morgan fingerprint density at radius 2 is 2.04 bits per heavy atom. The molecule has 0 aromatic heterocycles. The molecule has 1 fully saturated rings. The van der Waals surface area contributed by atoms with Crippen molar-refractivity contribution in [1.82, 2.24) is 10.4 Å². The number of hydrogen-bond donors (Lipinski definition) is 2. The lowest BCUT2D eigenvalue weighted by atomic mass is 10.1. The molecule has 0 radical (unpaired) electrons. The minimum absolute atomic E-state index is 0.0879. The molecule has 11 heteroatoms. The van der Waals surface area contributed by atoms with Gasteiger partial charge in [0.1, 0.15) is 0 Å². The molecular weight excluding hydrogens is 426 g/mol. The summed E-state index contributed by atoms with van der Waals surface area (Å²) >= 11 is 12.0. The molecule has 0 atom stereocenters. The molecule has 8 nitrogen and oxygen atoms in total. The highest BCUT2D eigenvalue weighted by molar-refractivity contribution is 8.26. The monoisotopic (exact) mass is 435 g/mol. The molecule has 2 aromatic carbocycles. The van der Waals surface area contributed by atoms with Crippen molar-refractivity contribution in [2.24, 2.45) is 0 Å². The number of nitro groups is 1. The lowest BCUT2D eigenvalue weighted by Crippen LogP contribution is -2.44. The van der Waals surface area contributed by atoms with Gasteiger partial charge in [0.25, 0.3) is 11.8 Å². The molecule has 28 heavy (non-hydrogen) atoms. The highest BCUT2D eigenvalue weighted by Gasteiger charge is 2.34. The van der Waals surface area contributed by atoms with Crippen LogP contribution in [-0.4, -0.2) is 31.2 Å². The summed E-state index contributed by atoms with van der Waals surface area (Å²) in [5.41, 5.74) is 2.41. The third-order valence-electron chi connectivity index (χ3n) is 3.62. The zero-order chi connectivity index (χ0) is 20.4. The highest BCUT2D eigenvalue weighted by atomic mass is 35.5. The van der Waals surface area contributed by atoms with E-state index < -0.39 is 28.2 Å². The number of amides is 2. The molecule has 3 rings (SSSR count). The van der Waals surface area contributed by atoms with Crippen molar-refractivity contribution < 1.29 is 19.6 Å². The molecule has 1 aliphatic rings. The number of hydrazine groups is 1. The molecule has 2 N–H and O–H groups in total. The summed E-state index contributed by atoms with van der Waals surface area (Å²) in [6.07, 6.45) is 1.38. The number of thiocarbonyl (C=S) groups is 1. The van der Waals surface area contributed by atoms with Crippen LogP contribution >= 0.6 is 35.6 Å². The van der Waals surface area contributed by atoms with Crippen LogP contribution in [-0.2, 0) is 4.79 Å². The average molecular weight is 436 g/mol. The molecule has 142 valence electrons. The van der Waals surface area contributed by atoms with Gasteiger partial charge in [0.2, 0.25) is 0 Å². The second-order valence-electron chi connectivity index (χ2n) is 5.44. The summed E-state index contributed by atoms with van der Waals surface area (Å²) < 4.78 is 0.0879. The predicted molar refractivity (Wildman–Crippen MR) is 109 cm³/mol. The fourth-order valence-electron chi connectivity index (χ4n) is 2.30. The standard InChI is InChI=1S/C17H10ClN3O5S2/c18-11-4-2-1-3-10(11)15(23)19-20-16(24)14(28-17(20)27)8-9-5-6-13(22)12(7-9)21(25)26/h1-8,22H,(H,19,23). The Hall–Kier alpha value is -2.95. The molecule has 2 aromatic rings. The number of hydrogen-bond acceptors (Lipinski definition) is 7. The average Bonchev–Trinajstić information content (AvgIpc) is 2.90. The van der Waals surface area contributed by atoms with Gasteiger partial charge in [-0.05, 0) is 42.1 Å². The summed E-state index contributed by atoms with van der Waals surface area (Å²) in [7, 11) is 0. The van der Waals surface area contributed by atoms with Crippen LogP contribution in [0.2, 0.25) is 5.02 Å². The van der Waals surface area contributed by atoms with Crippen LogP contribution in [0.3, 0.4) is 0 Å². The third kappa shape index (κ3) is 3.98. The quantitative estimate of drug-likeness (QED) is 0.327. The van der Waals surface area contributed by atoms with Crippen LogP contribution in [0.1, 0.15) is 15.9 Å². The molecule has 0 aliphatic carbocycles. The van der Waals surface area contributed by atoms with Gasteiger partial charge < -0.3 is 5.11 Å². The first-order chi connectivity index (χ1) is 13.3. The van der Waals surface area contributed by atoms with Crippen LogP contribution in [0.15, 0.2) is 47.4 Å². The van der Waals surface area contributed by atoms with Gasteiger partial charge in [0.15, 0.2) is 10.1 Å². The first-order valence-electron chi connectivity index (χ1n) is 7.59. The van der Waals surface area contributed by atoms with E-state index in [0.29, 0.717) is 5.56 Å². The van der Waals surface area contributed by atoms with Crippen LogP contribution in [0.4, 0.5) is 5.69 Å². The molecule has 1 heterocycles. The number of carbonyl (C=O) groups is 2. The first-order valence-corrected chi connectivity index (χ1v) is 9.19. The molecule has 0 unspecified atom stereocenters. The van der Waals surface area contributed by atoms with E-state index in [-0.39, 0.29) is 19.8 Å². The largest absolute Gasteiger partial charge is 0.502 e. The number of nitrogens with one attached hydrogen (secondary N) is 1. The minimum atomic E-state index is -0.734. The van der Waals surface area contributed by atoms with Crippen LogP contribution in [0.5, 0.6) is 5.75 Å². The number of thioether (sulfide) groups is 1. The Bertz CT molecular complexity index is 1060. The summed E-state index contributed by atoms with van der Waals surface area (Å²) in [5.74, 6) is -1.68. The van der Waals surface area contributed by atoms with Crippen LogP contribution in [0, 0.1) is 10.1 Å². The van der Waals surface area contributed by atoms with E-state index in [0.717, 1.165) is 28.9 Å². The zero-order valence-corrected chi connectivity index (χ0v) is 16.2. The number of carbonyl (C=O) groups excluding carboxylic acids is 2. The topological polar surface area (TPSA) is 113 Å². The van der Waals surface area contributed by atoms with Crippen molar-refractivity contribution in [2.75, 3.05) is 0 Å². The summed E-state index contributed by atoms with van der Waals surface area (Å²) in [4.78, 5) is 35.3. The van der Waals surface area contributed by atoms with Crippen molar-refractivity contribution in [1.29, 1.82) is 0 Å². The smallest absolute Gasteiger partial charge is 0.311 e. The van der Waals surface area contributed by atoms with E-state index >= 15 is 0 Å². The van der Waals surface area contributed by atoms with Crippen LogP contribution < -0.4 is 5.43 Å². The Balaban J connectivity index is 1.83. The van der Waals surface area contributed by atoms with Gasteiger partial charge in [-0.15, -0.1) is 0 Å². The second kappa shape index (κ2) is 7.97. The third-order valence-corrected chi connectivity index (χ3v) is 5.25. The normalized spacial score (nSPS) is 15.2. The number of phenolic OH excluding ortho intramolecular Hbond substituents is 1. The van der Waals surface area contributed by atoms with Crippen molar-refractivity contribution >= 4 is 63.5 Å². The lowest BCUT2D eigenvalue weighted by molar-refractivity contribution is -0.385. The SMILES string of the molecule is O=C(NN1C(=O)C(=Cc2ccc(O)c([N+](=O)[O-])c2)SC1=S)c1ccccc1Cl. The van der Waals surface area contributed by atoms with E-state index in [4.69, 9.17) is 23.8 Å². The predicted octanol–water partition coefficient (Wildman–Crippen LogP) is 3.50. The van der Waals surface area contributed by atoms with Gasteiger partial charge in [-0.1, -0.05) is 41.6 Å². The van der Waals surface area contributed by atoms with Gasteiger partial charge in [-0.3, -0.25) is 25.1 Å². The van der Waals surface area contributed by atoms with Crippen molar-refractivity contribution in [3.8, 4) is 5.75 Å². The fourth-order valence-corrected chi connectivity index (χ4v) is 3.70. The Morgan fingerprint density at radius 3 is 2.71 bits per heavy atom. The Kier molecular flexibility index (Phi) is 5.63. The molecular formula is C17H10ClN3O5S2. The lowest BCUT2D eigenvalue weighted by Gasteiger charge is -2.16. The van der Waals surface area contributed by atoms with Crippen molar-refractivity contribution in [3.63, 3.8) is 0 Å². The van der Waals surface area contributed by atoms with E-state index in [1.165, 1.54) is 18.2 Å². The number of rotatable bonds is 4. The summed E-state index contributed by atoms with van der Waals surface area (Å²) in [5, 5.41) is 21.6. The van der Waals surface area contributed by atoms with E-state index in [2.05, 4.69) is 5.43 Å². The molecule has 2 amide bonds. The molecule has 1 saturated heterocycles. The Labute approximate surface area is 172 Å².